The Morgan fingerprint density at radius 3 is 2.36 bits per heavy atom. The van der Waals surface area contributed by atoms with E-state index in [1.54, 1.807) is 13.8 Å². The fourth-order valence-electron chi connectivity index (χ4n) is 5.81. The summed E-state index contributed by atoms with van der Waals surface area (Å²) < 4.78 is 20.4. The highest BCUT2D eigenvalue weighted by atomic mass is 19.1. The maximum Gasteiger partial charge on any atom is 0.334 e. The van der Waals surface area contributed by atoms with Gasteiger partial charge in [0.2, 0.25) is 11.8 Å². The number of benzene rings is 1. The summed E-state index contributed by atoms with van der Waals surface area (Å²) in [6.45, 7) is 3.59. The molecular formula is C20H19FN2O5. The topological polar surface area (TPSA) is 89.8 Å². The maximum atomic E-state index is 14.4. The number of halogens is 1. The fraction of sp³-hybridized carbons (Fsp3) is 0.500. The molecule has 2 bridgehead atoms. The van der Waals surface area contributed by atoms with Gasteiger partial charge in [0.25, 0.3) is 0 Å². The van der Waals surface area contributed by atoms with Crippen LogP contribution in [0.5, 0.6) is 0 Å². The summed E-state index contributed by atoms with van der Waals surface area (Å²) in [5.41, 5.74) is -3.69. The van der Waals surface area contributed by atoms with Crippen molar-refractivity contribution in [3.63, 3.8) is 0 Å². The molecule has 0 N–H and O–H groups in total. The van der Waals surface area contributed by atoms with Gasteiger partial charge in [-0.3, -0.25) is 19.7 Å². The van der Waals surface area contributed by atoms with E-state index in [1.807, 2.05) is 0 Å². The van der Waals surface area contributed by atoms with E-state index in [2.05, 4.69) is 0 Å². The van der Waals surface area contributed by atoms with Crippen LogP contribution in [-0.4, -0.2) is 32.8 Å². The molecule has 1 aromatic rings. The molecule has 146 valence electrons. The molecule has 8 heteroatoms. The van der Waals surface area contributed by atoms with E-state index in [9.17, 15) is 24.1 Å². The van der Waals surface area contributed by atoms with Crippen LogP contribution in [0.25, 0.3) is 6.08 Å². The Hall–Kier alpha value is -2.61. The summed E-state index contributed by atoms with van der Waals surface area (Å²) in [5, 5.41) is 12.4. The van der Waals surface area contributed by atoms with Gasteiger partial charge in [0.1, 0.15) is 5.82 Å². The minimum Gasteiger partial charge on any atom is -0.367 e. The summed E-state index contributed by atoms with van der Waals surface area (Å²) in [4.78, 5) is 39.4. The molecule has 3 saturated heterocycles. The Labute approximate surface area is 160 Å². The number of carbonyl (C=O) groups excluding carboxylic acids is 2. The van der Waals surface area contributed by atoms with Gasteiger partial charge in [-0.2, -0.15) is 0 Å². The van der Waals surface area contributed by atoms with Crippen molar-refractivity contribution >= 4 is 17.9 Å². The lowest BCUT2D eigenvalue weighted by atomic mass is 9.69. The molecule has 0 radical (unpaired) electrons. The van der Waals surface area contributed by atoms with Crippen LogP contribution >= 0.6 is 0 Å². The van der Waals surface area contributed by atoms with Crippen molar-refractivity contribution in [3.8, 4) is 0 Å². The molecular weight excluding hydrogens is 367 g/mol. The molecule has 1 aromatic carbocycles. The van der Waals surface area contributed by atoms with Gasteiger partial charge in [-0.1, -0.05) is 18.2 Å². The second kappa shape index (κ2) is 5.05. The van der Waals surface area contributed by atoms with Crippen LogP contribution < -0.4 is 0 Å². The predicted octanol–water partition coefficient (Wildman–Crippen LogP) is 2.61. The van der Waals surface area contributed by atoms with E-state index in [4.69, 9.17) is 4.74 Å². The molecule has 5 rings (SSSR count). The van der Waals surface area contributed by atoms with Crippen molar-refractivity contribution in [2.45, 2.75) is 50.0 Å². The number of nitrogens with zero attached hydrogens (tertiary/aromatic N) is 2. The van der Waals surface area contributed by atoms with Crippen molar-refractivity contribution in [2.75, 3.05) is 0 Å². The van der Waals surface area contributed by atoms with Crippen molar-refractivity contribution < 1.29 is 23.6 Å². The van der Waals surface area contributed by atoms with Crippen molar-refractivity contribution in [3.05, 3.63) is 51.3 Å². The van der Waals surface area contributed by atoms with Gasteiger partial charge >= 0.3 is 5.66 Å². The minimum absolute atomic E-state index is 0.0326. The van der Waals surface area contributed by atoms with Crippen LogP contribution in [0.2, 0.25) is 0 Å². The standard InChI is InChI=1S/C20H19FN2O5/c1-18-9-10-19(2,28-18)15-14(18)16(24)22(17(15)25)20(23(26)27)8-4-5-11-12(20)6-3-7-13(11)21/h3-7,14-15H,8-10H2,1-2H3. The predicted molar refractivity (Wildman–Crippen MR) is 94.7 cm³/mol. The summed E-state index contributed by atoms with van der Waals surface area (Å²) >= 11 is 0. The average molecular weight is 386 g/mol. The van der Waals surface area contributed by atoms with Gasteiger partial charge in [-0.05, 0) is 38.8 Å². The molecule has 28 heavy (non-hydrogen) atoms. The smallest absolute Gasteiger partial charge is 0.334 e. The highest BCUT2D eigenvalue weighted by molar-refractivity contribution is 6.08. The van der Waals surface area contributed by atoms with Crippen LogP contribution in [0.4, 0.5) is 4.39 Å². The number of ether oxygens (including phenoxy) is 1. The normalized spacial score (nSPS) is 40.8. The molecule has 7 nitrogen and oxygen atoms in total. The van der Waals surface area contributed by atoms with E-state index in [-0.39, 0.29) is 17.5 Å². The van der Waals surface area contributed by atoms with Crippen LogP contribution in [0, 0.1) is 27.8 Å². The molecule has 5 unspecified atom stereocenters. The lowest BCUT2D eigenvalue weighted by Gasteiger charge is -2.36. The van der Waals surface area contributed by atoms with E-state index < -0.39 is 51.3 Å². The quantitative estimate of drug-likeness (QED) is 0.443. The Kier molecular flexibility index (Phi) is 3.16. The molecule has 2 amide bonds. The van der Waals surface area contributed by atoms with Gasteiger partial charge in [-0.15, -0.1) is 0 Å². The molecule has 0 saturated carbocycles. The first-order valence-electron chi connectivity index (χ1n) is 9.34. The lowest BCUT2D eigenvalue weighted by molar-refractivity contribution is -0.602. The zero-order chi connectivity index (χ0) is 20.1. The highest BCUT2D eigenvalue weighted by Crippen LogP contribution is 2.62. The van der Waals surface area contributed by atoms with E-state index in [0.717, 1.165) is 4.90 Å². The fourth-order valence-corrected chi connectivity index (χ4v) is 5.81. The number of fused-ring (bicyclic) bond motifs is 6. The largest absolute Gasteiger partial charge is 0.367 e. The SMILES string of the molecule is CC12CCC(C)(O1)C1C(=O)N(C3([N+](=O)[O-])CC=Cc4c(F)cccc43)C(=O)C12. The third kappa shape index (κ3) is 1.77. The lowest BCUT2D eigenvalue weighted by Crippen LogP contribution is -2.57. The Morgan fingerprint density at radius 1 is 1.18 bits per heavy atom. The first kappa shape index (κ1) is 17.5. The second-order valence-corrected chi connectivity index (χ2v) is 8.58. The number of hydrogen-bond acceptors (Lipinski definition) is 5. The van der Waals surface area contributed by atoms with Gasteiger partial charge in [0, 0.05) is 5.56 Å². The van der Waals surface area contributed by atoms with Gasteiger partial charge < -0.3 is 4.74 Å². The van der Waals surface area contributed by atoms with Crippen LogP contribution in [0.1, 0.15) is 44.2 Å². The number of likely N-dealkylation sites (tertiary alicyclic amines) is 1. The number of rotatable bonds is 2. The Balaban J connectivity index is 1.72. The van der Waals surface area contributed by atoms with E-state index in [0.29, 0.717) is 12.8 Å². The highest BCUT2D eigenvalue weighted by Gasteiger charge is 2.76. The molecule has 0 aromatic heterocycles. The van der Waals surface area contributed by atoms with Gasteiger partial charge in [-0.25, -0.2) is 9.29 Å². The first-order chi connectivity index (χ1) is 13.2. The number of hydrogen-bond donors (Lipinski definition) is 0. The maximum absolute atomic E-state index is 14.4. The molecule has 0 spiro atoms. The molecule has 3 fully saturated rings. The molecule has 3 heterocycles. The summed E-state index contributed by atoms with van der Waals surface area (Å²) in [6, 6.07) is 4.00. The number of carbonyl (C=O) groups is 2. The minimum atomic E-state index is -2.14. The summed E-state index contributed by atoms with van der Waals surface area (Å²) in [5.74, 6) is -3.32. The molecule has 4 aliphatic rings. The van der Waals surface area contributed by atoms with Crippen LogP contribution in [0.15, 0.2) is 24.3 Å². The van der Waals surface area contributed by atoms with Gasteiger partial charge in [0.05, 0.1) is 39.9 Å². The van der Waals surface area contributed by atoms with Crippen molar-refractivity contribution in [2.24, 2.45) is 11.8 Å². The van der Waals surface area contributed by atoms with Gasteiger partial charge in [0.15, 0.2) is 0 Å². The van der Waals surface area contributed by atoms with E-state index in [1.165, 1.54) is 30.4 Å². The van der Waals surface area contributed by atoms with Crippen molar-refractivity contribution in [1.82, 2.24) is 4.90 Å². The molecule has 3 aliphatic heterocycles. The zero-order valence-corrected chi connectivity index (χ0v) is 15.5. The third-order valence-corrected chi connectivity index (χ3v) is 7.05. The average Bonchev–Trinajstić information content (AvgIpc) is 3.19. The second-order valence-electron chi connectivity index (χ2n) is 8.58. The van der Waals surface area contributed by atoms with Crippen LogP contribution in [0.3, 0.4) is 0 Å². The Morgan fingerprint density at radius 2 is 1.79 bits per heavy atom. The molecule has 5 atom stereocenters. The van der Waals surface area contributed by atoms with Crippen molar-refractivity contribution in [1.29, 1.82) is 0 Å². The first-order valence-corrected chi connectivity index (χ1v) is 9.34. The third-order valence-electron chi connectivity index (χ3n) is 7.05. The van der Waals surface area contributed by atoms with E-state index >= 15 is 0 Å². The zero-order valence-electron chi connectivity index (χ0n) is 15.5. The Bertz CT molecular complexity index is 959. The van der Waals surface area contributed by atoms with Crippen LogP contribution in [-0.2, 0) is 20.0 Å². The summed E-state index contributed by atoms with van der Waals surface area (Å²) in [7, 11) is 0. The summed E-state index contributed by atoms with van der Waals surface area (Å²) in [6.07, 6.45) is 3.97. The molecule has 1 aliphatic carbocycles. The number of nitro groups is 1. The monoisotopic (exact) mass is 386 g/mol. The number of amides is 2. The number of imide groups is 1.